The number of hydrogen-bond donors (Lipinski definition) is 1. The number of morpholine rings is 1. The number of alkyl halides is 2. The van der Waals surface area contributed by atoms with Crippen molar-refractivity contribution in [3.05, 3.63) is 42.6 Å². The van der Waals surface area contributed by atoms with E-state index in [2.05, 4.69) is 25.2 Å². The molecule has 1 aliphatic heterocycles. The van der Waals surface area contributed by atoms with Gasteiger partial charge < -0.3 is 24.2 Å². The summed E-state index contributed by atoms with van der Waals surface area (Å²) in [6.45, 7) is -0.0900. The second-order valence-corrected chi connectivity index (χ2v) is 5.95. The van der Waals surface area contributed by atoms with Gasteiger partial charge in [0.05, 0.1) is 13.2 Å². The van der Waals surface area contributed by atoms with Crippen LogP contribution >= 0.6 is 0 Å². The molecule has 3 aromatic rings. The van der Waals surface area contributed by atoms with Crippen molar-refractivity contribution in [2.75, 3.05) is 36.5 Å². The molecule has 0 spiro atoms. The van der Waals surface area contributed by atoms with E-state index in [4.69, 9.17) is 9.26 Å². The lowest BCUT2D eigenvalue weighted by Crippen LogP contribution is -2.37. The van der Waals surface area contributed by atoms with Crippen molar-refractivity contribution in [1.82, 2.24) is 15.1 Å². The fourth-order valence-corrected chi connectivity index (χ4v) is 2.74. The van der Waals surface area contributed by atoms with Crippen molar-refractivity contribution in [2.24, 2.45) is 0 Å². The summed E-state index contributed by atoms with van der Waals surface area (Å²) in [6, 6.07) is 9.56. The highest BCUT2D eigenvalue weighted by molar-refractivity contribution is 5.64. The van der Waals surface area contributed by atoms with Gasteiger partial charge in [-0.25, -0.2) is 4.98 Å². The highest BCUT2D eigenvalue weighted by Gasteiger charge is 2.15. The third-order valence-corrected chi connectivity index (χ3v) is 4.07. The first-order valence-corrected chi connectivity index (χ1v) is 8.62. The second kappa shape index (κ2) is 8.17. The quantitative estimate of drug-likeness (QED) is 0.687. The van der Waals surface area contributed by atoms with E-state index in [1.807, 2.05) is 4.90 Å². The lowest BCUT2D eigenvalue weighted by molar-refractivity contribution is -0.0498. The SMILES string of the molecule is FC(F)Oc1ccc(-c2cc(Nc3ccnc(N4CCOCC4)n3)on2)cc1. The van der Waals surface area contributed by atoms with Crippen molar-refractivity contribution in [2.45, 2.75) is 6.61 Å². The van der Waals surface area contributed by atoms with Crippen LogP contribution in [-0.4, -0.2) is 48.0 Å². The van der Waals surface area contributed by atoms with E-state index in [1.165, 1.54) is 12.1 Å². The molecule has 146 valence electrons. The Morgan fingerprint density at radius 1 is 1.11 bits per heavy atom. The average molecular weight is 389 g/mol. The van der Waals surface area contributed by atoms with Gasteiger partial charge in [-0.1, -0.05) is 5.16 Å². The highest BCUT2D eigenvalue weighted by atomic mass is 19.3. The number of nitrogens with zero attached hydrogens (tertiary/aromatic N) is 4. The number of halogens is 2. The average Bonchev–Trinajstić information content (AvgIpc) is 3.17. The number of nitrogens with one attached hydrogen (secondary N) is 1. The highest BCUT2D eigenvalue weighted by Crippen LogP contribution is 2.26. The Hall–Kier alpha value is -3.27. The van der Waals surface area contributed by atoms with E-state index in [1.54, 1.807) is 30.5 Å². The first-order chi connectivity index (χ1) is 13.7. The predicted octanol–water partition coefficient (Wildman–Crippen LogP) is 3.31. The van der Waals surface area contributed by atoms with Gasteiger partial charge in [-0.2, -0.15) is 13.8 Å². The molecule has 0 atom stereocenters. The summed E-state index contributed by atoms with van der Waals surface area (Å²) in [5.41, 5.74) is 1.25. The Kier molecular flexibility index (Phi) is 5.29. The molecule has 1 aliphatic rings. The largest absolute Gasteiger partial charge is 0.435 e. The molecule has 1 saturated heterocycles. The van der Waals surface area contributed by atoms with Crippen molar-refractivity contribution in [1.29, 1.82) is 0 Å². The van der Waals surface area contributed by atoms with Gasteiger partial charge in [-0.15, -0.1) is 0 Å². The minimum atomic E-state index is -2.86. The molecule has 0 aliphatic carbocycles. The smallest absolute Gasteiger partial charge is 0.387 e. The summed E-state index contributed by atoms with van der Waals surface area (Å²) in [7, 11) is 0. The molecule has 3 heterocycles. The number of hydrogen-bond acceptors (Lipinski definition) is 8. The zero-order chi connectivity index (χ0) is 19.3. The van der Waals surface area contributed by atoms with Gasteiger partial charge in [-0.05, 0) is 30.3 Å². The summed E-state index contributed by atoms with van der Waals surface area (Å²) in [5.74, 6) is 1.66. The fraction of sp³-hybridized carbons (Fsp3) is 0.278. The zero-order valence-electron chi connectivity index (χ0n) is 14.7. The van der Waals surface area contributed by atoms with Crippen LogP contribution in [0.2, 0.25) is 0 Å². The second-order valence-electron chi connectivity index (χ2n) is 5.95. The fourth-order valence-electron chi connectivity index (χ4n) is 2.74. The van der Waals surface area contributed by atoms with Gasteiger partial charge >= 0.3 is 6.61 Å². The Labute approximate surface area is 159 Å². The van der Waals surface area contributed by atoms with E-state index in [9.17, 15) is 8.78 Å². The van der Waals surface area contributed by atoms with E-state index >= 15 is 0 Å². The van der Waals surface area contributed by atoms with Crippen molar-refractivity contribution >= 4 is 17.7 Å². The first kappa shape index (κ1) is 18.1. The van der Waals surface area contributed by atoms with Crippen LogP contribution in [0.5, 0.6) is 5.75 Å². The summed E-state index contributed by atoms with van der Waals surface area (Å²) in [4.78, 5) is 10.8. The van der Waals surface area contributed by atoms with Crippen molar-refractivity contribution in [3.63, 3.8) is 0 Å². The van der Waals surface area contributed by atoms with E-state index in [-0.39, 0.29) is 5.75 Å². The predicted molar refractivity (Wildman–Crippen MR) is 96.9 cm³/mol. The Balaban J connectivity index is 1.45. The van der Waals surface area contributed by atoms with Crippen molar-refractivity contribution in [3.8, 4) is 17.0 Å². The molecule has 10 heteroatoms. The topological polar surface area (TPSA) is 85.5 Å². The molecular weight excluding hydrogens is 372 g/mol. The normalized spacial score (nSPS) is 14.3. The molecule has 0 bridgehead atoms. The van der Waals surface area contributed by atoms with Gasteiger partial charge in [-0.3, -0.25) is 0 Å². The Morgan fingerprint density at radius 2 is 1.89 bits per heavy atom. The van der Waals surface area contributed by atoms with E-state index < -0.39 is 6.61 Å². The third kappa shape index (κ3) is 4.34. The third-order valence-electron chi connectivity index (χ3n) is 4.07. The maximum Gasteiger partial charge on any atom is 0.387 e. The minimum Gasteiger partial charge on any atom is -0.435 e. The molecule has 1 N–H and O–H groups in total. The maximum absolute atomic E-state index is 12.2. The van der Waals surface area contributed by atoms with Crippen LogP contribution in [0.4, 0.5) is 26.4 Å². The van der Waals surface area contributed by atoms with Crippen LogP contribution < -0.4 is 15.0 Å². The standard InChI is InChI=1S/C18H17F2N5O3/c19-17(20)27-13-3-1-12(2-4-13)14-11-16(28-24-14)22-15-5-6-21-18(23-15)25-7-9-26-10-8-25/h1-6,11,17H,7-10H2,(H,21,22,23). The van der Waals surface area contributed by atoms with E-state index in [0.29, 0.717) is 42.1 Å². The molecule has 8 nitrogen and oxygen atoms in total. The molecule has 0 radical (unpaired) electrons. The number of rotatable bonds is 6. The molecular formula is C18H17F2N5O3. The minimum absolute atomic E-state index is 0.0808. The number of aromatic nitrogens is 3. The van der Waals surface area contributed by atoms with Gasteiger partial charge in [0.2, 0.25) is 11.8 Å². The van der Waals surface area contributed by atoms with E-state index in [0.717, 1.165) is 13.1 Å². The molecule has 1 aromatic carbocycles. The molecule has 0 unspecified atom stereocenters. The molecule has 4 rings (SSSR count). The Morgan fingerprint density at radius 3 is 2.64 bits per heavy atom. The number of benzene rings is 1. The summed E-state index contributed by atoms with van der Waals surface area (Å²) >= 11 is 0. The summed E-state index contributed by atoms with van der Waals surface area (Å²) in [5, 5.41) is 7.04. The molecule has 2 aromatic heterocycles. The molecule has 0 amide bonds. The monoisotopic (exact) mass is 389 g/mol. The van der Waals surface area contributed by atoms with Crippen molar-refractivity contribution < 1.29 is 22.8 Å². The number of anilines is 3. The lowest BCUT2D eigenvalue weighted by atomic mass is 10.1. The summed E-state index contributed by atoms with van der Waals surface area (Å²) in [6.07, 6.45) is 1.67. The molecule has 28 heavy (non-hydrogen) atoms. The van der Waals surface area contributed by atoms with Gasteiger partial charge in [0.25, 0.3) is 0 Å². The van der Waals surface area contributed by atoms with Gasteiger partial charge in [0.1, 0.15) is 17.3 Å². The zero-order valence-corrected chi connectivity index (χ0v) is 14.7. The van der Waals surface area contributed by atoms with Crippen LogP contribution in [0.1, 0.15) is 0 Å². The van der Waals surface area contributed by atoms with Gasteiger partial charge in [0, 0.05) is 30.9 Å². The Bertz CT molecular complexity index is 914. The van der Waals surface area contributed by atoms with Crippen LogP contribution in [-0.2, 0) is 4.74 Å². The maximum atomic E-state index is 12.2. The molecule has 0 saturated carbocycles. The van der Waals surface area contributed by atoms with Crippen LogP contribution in [0.15, 0.2) is 47.1 Å². The summed E-state index contributed by atoms with van der Waals surface area (Å²) < 4.78 is 39.4. The van der Waals surface area contributed by atoms with Crippen LogP contribution in [0, 0.1) is 0 Å². The number of ether oxygens (including phenoxy) is 2. The molecule has 1 fully saturated rings. The van der Waals surface area contributed by atoms with Crippen LogP contribution in [0.25, 0.3) is 11.3 Å². The van der Waals surface area contributed by atoms with Gasteiger partial charge in [0.15, 0.2) is 0 Å². The first-order valence-electron chi connectivity index (χ1n) is 8.62. The lowest BCUT2D eigenvalue weighted by Gasteiger charge is -2.26. The van der Waals surface area contributed by atoms with Crippen LogP contribution in [0.3, 0.4) is 0 Å².